The van der Waals surface area contributed by atoms with Crippen LogP contribution in [-0.2, 0) is 4.74 Å². The van der Waals surface area contributed by atoms with E-state index in [4.69, 9.17) is 9.47 Å². The van der Waals surface area contributed by atoms with Gasteiger partial charge in [-0.25, -0.2) is 0 Å². The van der Waals surface area contributed by atoms with Crippen molar-refractivity contribution in [2.75, 3.05) is 26.9 Å². The van der Waals surface area contributed by atoms with E-state index in [0.29, 0.717) is 19.8 Å². The maximum absolute atomic E-state index is 11.9. The van der Waals surface area contributed by atoms with Gasteiger partial charge in [-0.05, 0) is 19.1 Å². The van der Waals surface area contributed by atoms with E-state index >= 15 is 0 Å². The molecule has 0 saturated heterocycles. The van der Waals surface area contributed by atoms with Gasteiger partial charge >= 0.3 is 5.69 Å². The van der Waals surface area contributed by atoms with Gasteiger partial charge in [0, 0.05) is 18.2 Å². The SMILES string of the molecule is C=C(C)COCCNC(=O)c1ccc(OC)c([N+](=O)[O-])c1. The van der Waals surface area contributed by atoms with E-state index in [-0.39, 0.29) is 17.0 Å². The van der Waals surface area contributed by atoms with E-state index in [9.17, 15) is 14.9 Å². The average Bonchev–Trinajstić information content (AvgIpc) is 2.45. The third kappa shape index (κ3) is 5.23. The molecule has 0 aliphatic rings. The Hall–Kier alpha value is -2.41. The topological polar surface area (TPSA) is 90.7 Å². The van der Waals surface area contributed by atoms with Gasteiger partial charge < -0.3 is 14.8 Å². The van der Waals surface area contributed by atoms with Crippen molar-refractivity contribution in [2.45, 2.75) is 6.92 Å². The molecule has 0 bridgehead atoms. The molecule has 0 heterocycles. The second-order valence-corrected chi connectivity index (χ2v) is 4.41. The number of methoxy groups -OCH3 is 1. The number of ether oxygens (including phenoxy) is 2. The summed E-state index contributed by atoms with van der Waals surface area (Å²) in [5.41, 5.74) is 0.846. The highest BCUT2D eigenvalue weighted by molar-refractivity contribution is 5.95. The van der Waals surface area contributed by atoms with Crippen molar-refractivity contribution in [3.63, 3.8) is 0 Å². The number of benzene rings is 1. The first-order valence-electron chi connectivity index (χ1n) is 6.28. The molecule has 0 radical (unpaired) electrons. The highest BCUT2D eigenvalue weighted by atomic mass is 16.6. The number of amides is 1. The quantitative estimate of drug-likeness (QED) is 0.342. The lowest BCUT2D eigenvalue weighted by atomic mass is 10.1. The molecule has 0 spiro atoms. The van der Waals surface area contributed by atoms with Gasteiger partial charge in [0.25, 0.3) is 5.91 Å². The van der Waals surface area contributed by atoms with Gasteiger partial charge in [-0.15, -0.1) is 0 Å². The number of carbonyl (C=O) groups is 1. The van der Waals surface area contributed by atoms with Gasteiger partial charge in [0.1, 0.15) is 0 Å². The van der Waals surface area contributed by atoms with Gasteiger partial charge in [0.15, 0.2) is 5.75 Å². The Morgan fingerprint density at radius 1 is 1.48 bits per heavy atom. The number of nitrogens with one attached hydrogen (secondary N) is 1. The summed E-state index contributed by atoms with van der Waals surface area (Å²) in [4.78, 5) is 22.2. The fourth-order valence-corrected chi connectivity index (χ4v) is 1.56. The van der Waals surface area contributed by atoms with Crippen LogP contribution in [0.4, 0.5) is 5.69 Å². The van der Waals surface area contributed by atoms with Crippen molar-refractivity contribution < 1.29 is 19.2 Å². The van der Waals surface area contributed by atoms with Crippen LogP contribution in [0.2, 0.25) is 0 Å². The van der Waals surface area contributed by atoms with Crippen LogP contribution in [0, 0.1) is 10.1 Å². The van der Waals surface area contributed by atoms with Gasteiger partial charge in [-0.3, -0.25) is 14.9 Å². The lowest BCUT2D eigenvalue weighted by Gasteiger charge is -2.07. The molecule has 0 saturated carbocycles. The van der Waals surface area contributed by atoms with E-state index < -0.39 is 10.8 Å². The lowest BCUT2D eigenvalue weighted by Crippen LogP contribution is -2.27. The summed E-state index contributed by atoms with van der Waals surface area (Å²) in [6, 6.07) is 4.05. The lowest BCUT2D eigenvalue weighted by molar-refractivity contribution is -0.385. The zero-order valence-electron chi connectivity index (χ0n) is 12.0. The largest absolute Gasteiger partial charge is 0.490 e. The normalized spacial score (nSPS) is 10.0. The van der Waals surface area contributed by atoms with Crippen LogP contribution in [0.25, 0.3) is 0 Å². The highest BCUT2D eigenvalue weighted by Gasteiger charge is 2.17. The molecule has 1 amide bonds. The fourth-order valence-electron chi connectivity index (χ4n) is 1.56. The predicted molar refractivity (Wildman–Crippen MR) is 77.6 cm³/mol. The van der Waals surface area contributed by atoms with Crippen LogP contribution in [0.5, 0.6) is 5.75 Å². The number of hydrogen-bond donors (Lipinski definition) is 1. The van der Waals surface area contributed by atoms with Gasteiger partial charge in [-0.2, -0.15) is 0 Å². The summed E-state index contributed by atoms with van der Waals surface area (Å²) in [6.07, 6.45) is 0. The number of nitrogens with zero attached hydrogens (tertiary/aromatic N) is 1. The second-order valence-electron chi connectivity index (χ2n) is 4.41. The standard InChI is InChI=1S/C14H18N2O5/c1-10(2)9-21-7-6-15-14(17)11-4-5-13(20-3)12(8-11)16(18)19/h4-5,8H,1,6-7,9H2,2-3H3,(H,15,17). The Labute approximate surface area is 122 Å². The Morgan fingerprint density at radius 2 is 2.19 bits per heavy atom. The minimum absolute atomic E-state index is 0.112. The zero-order chi connectivity index (χ0) is 15.8. The van der Waals surface area contributed by atoms with Crippen LogP contribution in [0.15, 0.2) is 30.4 Å². The highest BCUT2D eigenvalue weighted by Crippen LogP contribution is 2.27. The van der Waals surface area contributed by atoms with Crippen LogP contribution in [0.1, 0.15) is 17.3 Å². The van der Waals surface area contributed by atoms with Crippen molar-refractivity contribution in [3.05, 3.63) is 46.0 Å². The van der Waals surface area contributed by atoms with Crippen molar-refractivity contribution >= 4 is 11.6 Å². The van der Waals surface area contributed by atoms with Crippen LogP contribution < -0.4 is 10.1 Å². The number of nitro benzene ring substituents is 1. The fraction of sp³-hybridized carbons (Fsp3) is 0.357. The molecule has 0 aromatic heterocycles. The molecule has 21 heavy (non-hydrogen) atoms. The van der Waals surface area contributed by atoms with Crippen molar-refractivity contribution in [3.8, 4) is 5.75 Å². The number of rotatable bonds is 8. The van der Waals surface area contributed by atoms with Crippen LogP contribution in [0.3, 0.4) is 0 Å². The zero-order valence-corrected chi connectivity index (χ0v) is 12.0. The average molecular weight is 294 g/mol. The van der Waals surface area contributed by atoms with E-state index in [2.05, 4.69) is 11.9 Å². The predicted octanol–water partition coefficient (Wildman–Crippen LogP) is 1.93. The summed E-state index contributed by atoms with van der Waals surface area (Å²) >= 11 is 0. The van der Waals surface area contributed by atoms with Gasteiger partial charge in [0.2, 0.25) is 0 Å². The summed E-state index contributed by atoms with van der Waals surface area (Å²) < 4.78 is 10.1. The first kappa shape index (κ1) is 16.6. The summed E-state index contributed by atoms with van der Waals surface area (Å²) in [7, 11) is 1.33. The molecule has 7 heteroatoms. The summed E-state index contributed by atoms with van der Waals surface area (Å²) in [6.45, 7) is 6.62. The summed E-state index contributed by atoms with van der Waals surface area (Å²) in [5.74, 6) is -0.291. The van der Waals surface area contributed by atoms with Crippen molar-refractivity contribution in [1.82, 2.24) is 5.32 Å². The second kappa shape index (κ2) is 8.01. The molecule has 7 nitrogen and oxygen atoms in total. The minimum atomic E-state index is -0.592. The van der Waals surface area contributed by atoms with Crippen LogP contribution in [-0.4, -0.2) is 37.7 Å². The molecular weight excluding hydrogens is 276 g/mol. The molecule has 0 aliphatic heterocycles. The monoisotopic (exact) mass is 294 g/mol. The first-order valence-corrected chi connectivity index (χ1v) is 6.28. The third-order valence-corrected chi connectivity index (χ3v) is 2.52. The Morgan fingerprint density at radius 3 is 2.76 bits per heavy atom. The third-order valence-electron chi connectivity index (χ3n) is 2.52. The van der Waals surface area contributed by atoms with Gasteiger partial charge in [0.05, 0.1) is 25.2 Å². The van der Waals surface area contributed by atoms with E-state index in [0.717, 1.165) is 5.57 Å². The molecule has 1 rings (SSSR count). The maximum atomic E-state index is 11.9. The smallest absolute Gasteiger partial charge is 0.311 e. The summed E-state index contributed by atoms with van der Waals surface area (Å²) in [5, 5.41) is 13.5. The first-order chi connectivity index (χ1) is 9.95. The molecule has 1 aromatic carbocycles. The van der Waals surface area contributed by atoms with E-state index in [1.165, 1.54) is 25.3 Å². The molecule has 1 N–H and O–H groups in total. The van der Waals surface area contributed by atoms with Gasteiger partial charge in [-0.1, -0.05) is 12.2 Å². The van der Waals surface area contributed by atoms with Crippen LogP contribution >= 0.6 is 0 Å². The number of hydrogen-bond acceptors (Lipinski definition) is 5. The number of carbonyl (C=O) groups excluding carboxylic acids is 1. The Kier molecular flexibility index (Phi) is 6.35. The molecule has 0 fully saturated rings. The number of nitro groups is 1. The van der Waals surface area contributed by atoms with E-state index in [1.54, 1.807) is 0 Å². The molecule has 0 atom stereocenters. The minimum Gasteiger partial charge on any atom is -0.490 e. The Bertz CT molecular complexity index is 542. The molecule has 114 valence electrons. The molecule has 1 aromatic rings. The molecule has 0 unspecified atom stereocenters. The molecular formula is C14H18N2O5. The van der Waals surface area contributed by atoms with Crippen molar-refractivity contribution in [2.24, 2.45) is 0 Å². The Balaban J connectivity index is 2.60. The maximum Gasteiger partial charge on any atom is 0.311 e. The van der Waals surface area contributed by atoms with Crippen molar-refractivity contribution in [1.29, 1.82) is 0 Å². The molecule has 0 aliphatic carbocycles. The van der Waals surface area contributed by atoms with E-state index in [1.807, 2.05) is 6.92 Å².